The summed E-state index contributed by atoms with van der Waals surface area (Å²) in [5.41, 5.74) is 1.41. The van der Waals surface area contributed by atoms with Gasteiger partial charge in [0.2, 0.25) is 5.91 Å². The Bertz CT molecular complexity index is 1180. The van der Waals surface area contributed by atoms with E-state index in [2.05, 4.69) is 20.3 Å². The van der Waals surface area contributed by atoms with Crippen LogP contribution in [0.15, 0.2) is 58.4 Å². The molecule has 2 aromatic carbocycles. The van der Waals surface area contributed by atoms with Gasteiger partial charge in [0.15, 0.2) is 0 Å². The zero-order valence-electron chi connectivity index (χ0n) is 17.5. The van der Waals surface area contributed by atoms with Crippen molar-refractivity contribution in [3.05, 3.63) is 59.7 Å². The second kappa shape index (κ2) is 9.33. The molecule has 0 spiro atoms. The SMILES string of the molecule is CSCCC(N=C1NS(=O)(=O)c2ccccc21)C(=O)Nc1cccc(C(=O)NC2CC2)c1. The number of carbonyl (C=O) groups excluding carboxylic acids is 2. The minimum atomic E-state index is -3.69. The van der Waals surface area contributed by atoms with E-state index < -0.39 is 16.1 Å². The Balaban J connectivity index is 1.54. The van der Waals surface area contributed by atoms with Crippen LogP contribution in [0.2, 0.25) is 0 Å². The molecule has 2 aromatic rings. The Morgan fingerprint density at radius 2 is 1.97 bits per heavy atom. The van der Waals surface area contributed by atoms with Crippen LogP contribution in [0.3, 0.4) is 0 Å². The highest BCUT2D eigenvalue weighted by molar-refractivity contribution is 7.98. The monoisotopic (exact) mass is 472 g/mol. The average Bonchev–Trinajstić information content (AvgIpc) is 3.55. The minimum Gasteiger partial charge on any atom is -0.349 e. The van der Waals surface area contributed by atoms with Crippen LogP contribution in [0.5, 0.6) is 0 Å². The molecule has 168 valence electrons. The molecule has 1 saturated carbocycles. The summed E-state index contributed by atoms with van der Waals surface area (Å²) in [5.74, 6) is 0.307. The first-order valence-electron chi connectivity index (χ1n) is 10.3. The second-order valence-electron chi connectivity index (χ2n) is 7.69. The van der Waals surface area contributed by atoms with Crippen LogP contribution in [0, 0.1) is 0 Å². The van der Waals surface area contributed by atoms with Crippen molar-refractivity contribution in [3.8, 4) is 0 Å². The number of amides is 2. The Kier molecular flexibility index (Phi) is 6.52. The number of rotatable bonds is 8. The maximum Gasteiger partial charge on any atom is 0.263 e. The summed E-state index contributed by atoms with van der Waals surface area (Å²) in [6.07, 6.45) is 4.35. The van der Waals surface area contributed by atoms with Crippen molar-refractivity contribution in [1.82, 2.24) is 10.0 Å². The quantitative estimate of drug-likeness (QED) is 0.545. The van der Waals surface area contributed by atoms with E-state index in [1.807, 2.05) is 6.26 Å². The number of fused-ring (bicyclic) bond motifs is 1. The van der Waals surface area contributed by atoms with Gasteiger partial charge in [0, 0.05) is 22.9 Å². The molecule has 1 heterocycles. The molecule has 1 aliphatic heterocycles. The molecule has 2 aliphatic rings. The summed E-state index contributed by atoms with van der Waals surface area (Å²) in [5, 5.41) is 5.75. The molecule has 10 heteroatoms. The predicted molar refractivity (Wildman–Crippen MR) is 126 cm³/mol. The first-order chi connectivity index (χ1) is 15.4. The standard InChI is InChI=1S/C22H24N4O4S2/c1-31-12-11-18(25-20-17-7-2-3-8-19(17)32(29,30)26-20)22(28)24-16-6-4-5-14(13-16)21(27)23-15-9-10-15/h2-8,13,15,18H,9-12H2,1H3,(H,23,27)(H,24,28)(H,25,26). The zero-order chi connectivity index (χ0) is 22.7. The number of hydrogen-bond acceptors (Lipinski definition) is 6. The first kappa shape index (κ1) is 22.3. The molecule has 0 aromatic heterocycles. The lowest BCUT2D eigenvalue weighted by Gasteiger charge is -2.14. The van der Waals surface area contributed by atoms with Crippen molar-refractivity contribution in [3.63, 3.8) is 0 Å². The van der Waals surface area contributed by atoms with Crippen LogP contribution in [0.1, 0.15) is 35.2 Å². The number of nitrogens with one attached hydrogen (secondary N) is 3. The normalized spacial score (nSPS) is 18.5. The van der Waals surface area contributed by atoms with Gasteiger partial charge in [-0.3, -0.25) is 19.3 Å². The summed E-state index contributed by atoms with van der Waals surface area (Å²) in [6, 6.07) is 12.7. The third-order valence-electron chi connectivity index (χ3n) is 5.15. The van der Waals surface area contributed by atoms with E-state index in [-0.39, 0.29) is 28.6 Å². The van der Waals surface area contributed by atoms with Crippen molar-refractivity contribution in [2.75, 3.05) is 17.3 Å². The van der Waals surface area contributed by atoms with E-state index >= 15 is 0 Å². The van der Waals surface area contributed by atoms with Crippen molar-refractivity contribution in [2.24, 2.45) is 4.99 Å². The van der Waals surface area contributed by atoms with Crippen LogP contribution >= 0.6 is 11.8 Å². The van der Waals surface area contributed by atoms with Gasteiger partial charge in [-0.2, -0.15) is 11.8 Å². The Labute approximate surface area is 191 Å². The largest absolute Gasteiger partial charge is 0.349 e. The smallest absolute Gasteiger partial charge is 0.263 e. The van der Waals surface area contributed by atoms with Gasteiger partial charge in [-0.25, -0.2) is 8.42 Å². The topological polar surface area (TPSA) is 117 Å². The number of thioether (sulfide) groups is 1. The van der Waals surface area contributed by atoms with Crippen molar-refractivity contribution in [1.29, 1.82) is 0 Å². The Morgan fingerprint density at radius 3 is 2.72 bits per heavy atom. The summed E-state index contributed by atoms with van der Waals surface area (Å²) < 4.78 is 27.2. The molecular formula is C22H24N4O4S2. The molecule has 8 nitrogen and oxygen atoms in total. The van der Waals surface area contributed by atoms with E-state index in [0.717, 1.165) is 12.8 Å². The third-order valence-corrected chi connectivity index (χ3v) is 7.19. The highest BCUT2D eigenvalue weighted by Gasteiger charge is 2.32. The molecular weight excluding hydrogens is 448 g/mol. The number of carbonyl (C=O) groups is 2. The number of nitrogens with zero attached hydrogens (tertiary/aromatic N) is 1. The van der Waals surface area contributed by atoms with E-state index in [1.165, 1.54) is 6.07 Å². The van der Waals surface area contributed by atoms with Gasteiger partial charge in [-0.05, 0) is 61.6 Å². The maximum absolute atomic E-state index is 13.0. The molecule has 2 amide bonds. The molecule has 1 fully saturated rings. The Morgan fingerprint density at radius 1 is 1.19 bits per heavy atom. The molecule has 4 rings (SSSR count). The highest BCUT2D eigenvalue weighted by Crippen LogP contribution is 2.24. The lowest BCUT2D eigenvalue weighted by molar-refractivity contribution is -0.117. The van der Waals surface area contributed by atoms with E-state index in [4.69, 9.17) is 0 Å². The van der Waals surface area contributed by atoms with Gasteiger partial charge >= 0.3 is 0 Å². The molecule has 1 unspecified atom stereocenters. The van der Waals surface area contributed by atoms with Gasteiger partial charge in [0.05, 0.1) is 4.90 Å². The lowest BCUT2D eigenvalue weighted by atomic mass is 10.1. The maximum atomic E-state index is 13.0. The fraction of sp³-hybridized carbons (Fsp3) is 0.318. The van der Waals surface area contributed by atoms with Gasteiger partial charge in [-0.1, -0.05) is 18.2 Å². The van der Waals surface area contributed by atoms with E-state index in [9.17, 15) is 18.0 Å². The third kappa shape index (κ3) is 5.13. The van der Waals surface area contributed by atoms with Crippen LogP contribution in [0.25, 0.3) is 0 Å². The number of anilines is 1. The number of amidine groups is 1. The van der Waals surface area contributed by atoms with Crippen LogP contribution in [-0.2, 0) is 14.8 Å². The van der Waals surface area contributed by atoms with E-state index in [0.29, 0.717) is 29.0 Å². The molecule has 0 radical (unpaired) electrons. The number of hydrogen-bond donors (Lipinski definition) is 3. The lowest BCUT2D eigenvalue weighted by Crippen LogP contribution is -2.31. The molecule has 3 N–H and O–H groups in total. The predicted octanol–water partition coefficient (Wildman–Crippen LogP) is 2.38. The number of aliphatic imine (C=N–C) groups is 1. The second-order valence-corrected chi connectivity index (χ2v) is 10.3. The van der Waals surface area contributed by atoms with Crippen molar-refractivity contribution in [2.45, 2.75) is 36.2 Å². The fourth-order valence-electron chi connectivity index (χ4n) is 3.33. The van der Waals surface area contributed by atoms with Gasteiger partial charge in [-0.15, -0.1) is 0 Å². The summed E-state index contributed by atoms with van der Waals surface area (Å²) >= 11 is 1.57. The number of sulfonamides is 1. The molecule has 0 saturated heterocycles. The van der Waals surface area contributed by atoms with Crippen LogP contribution in [0.4, 0.5) is 5.69 Å². The molecule has 32 heavy (non-hydrogen) atoms. The summed E-state index contributed by atoms with van der Waals surface area (Å²) in [7, 11) is -3.69. The highest BCUT2D eigenvalue weighted by atomic mass is 32.2. The molecule has 0 bridgehead atoms. The summed E-state index contributed by atoms with van der Waals surface area (Å²) in [4.78, 5) is 30.0. The molecule has 1 atom stereocenters. The first-order valence-corrected chi connectivity index (χ1v) is 13.2. The Hall–Kier alpha value is -2.85. The van der Waals surface area contributed by atoms with Crippen molar-refractivity contribution >= 4 is 45.1 Å². The van der Waals surface area contributed by atoms with Crippen LogP contribution in [-0.4, -0.2) is 50.2 Å². The zero-order valence-corrected chi connectivity index (χ0v) is 19.1. The van der Waals surface area contributed by atoms with E-state index in [1.54, 1.807) is 54.2 Å². The van der Waals surface area contributed by atoms with Crippen LogP contribution < -0.4 is 15.4 Å². The van der Waals surface area contributed by atoms with Gasteiger partial charge < -0.3 is 10.6 Å². The number of benzene rings is 2. The van der Waals surface area contributed by atoms with Gasteiger partial charge in [0.25, 0.3) is 15.9 Å². The fourth-order valence-corrected chi connectivity index (χ4v) is 5.03. The van der Waals surface area contributed by atoms with Crippen molar-refractivity contribution < 1.29 is 18.0 Å². The van der Waals surface area contributed by atoms with Gasteiger partial charge in [0.1, 0.15) is 11.9 Å². The molecule has 1 aliphatic carbocycles. The summed E-state index contributed by atoms with van der Waals surface area (Å²) in [6.45, 7) is 0. The average molecular weight is 473 g/mol. The minimum absolute atomic E-state index is 0.150.